The Labute approximate surface area is 111 Å². The Morgan fingerprint density at radius 1 is 1.39 bits per heavy atom. The van der Waals surface area contributed by atoms with Gasteiger partial charge in [-0.05, 0) is 30.6 Å². The molecule has 4 heteroatoms. The van der Waals surface area contributed by atoms with Crippen molar-refractivity contribution in [1.82, 2.24) is 0 Å². The van der Waals surface area contributed by atoms with Crippen molar-refractivity contribution in [2.75, 3.05) is 0 Å². The first-order chi connectivity index (χ1) is 7.99. The molecular weight excluding hydrogens is 250 g/mol. The zero-order valence-electron chi connectivity index (χ0n) is 12.4. The number of allylic oxidation sites excluding steroid dienone is 2. The molecule has 0 bridgehead atoms. The summed E-state index contributed by atoms with van der Waals surface area (Å²) >= 11 is 0. The van der Waals surface area contributed by atoms with Crippen molar-refractivity contribution in [3.05, 3.63) is 11.8 Å². The fourth-order valence-corrected chi connectivity index (χ4v) is 3.03. The Bertz CT molecular complexity index is 329. The monoisotopic (exact) mass is 276 g/mol. The summed E-state index contributed by atoms with van der Waals surface area (Å²) in [6.45, 7) is 12.5. The van der Waals surface area contributed by atoms with E-state index in [9.17, 15) is 8.78 Å². The molecule has 1 aliphatic rings. The highest BCUT2D eigenvalue weighted by molar-refractivity contribution is 6.74. The molecule has 1 rings (SSSR count). The molecule has 0 amide bonds. The minimum absolute atomic E-state index is 0.0476. The second-order valence-corrected chi connectivity index (χ2v) is 11.6. The van der Waals surface area contributed by atoms with Gasteiger partial charge < -0.3 is 4.43 Å². The van der Waals surface area contributed by atoms with E-state index in [-0.39, 0.29) is 11.5 Å². The maximum absolute atomic E-state index is 13.8. The molecule has 1 nitrogen and oxygen atoms in total. The molecule has 1 atom stereocenters. The molecule has 0 radical (unpaired) electrons. The third-order valence-corrected chi connectivity index (χ3v) is 8.52. The molecule has 0 fully saturated rings. The Morgan fingerprint density at radius 3 is 2.39 bits per heavy atom. The molecule has 0 aromatic heterocycles. The molecule has 0 spiro atoms. The van der Waals surface area contributed by atoms with Crippen LogP contribution in [0.2, 0.25) is 18.1 Å². The van der Waals surface area contributed by atoms with Gasteiger partial charge in [-0.25, -0.2) is 8.78 Å². The number of halogens is 2. The van der Waals surface area contributed by atoms with E-state index in [0.29, 0.717) is 12.2 Å². The van der Waals surface area contributed by atoms with Crippen molar-refractivity contribution in [1.29, 1.82) is 0 Å². The fraction of sp³-hybridized carbons (Fsp3) is 0.857. The minimum atomic E-state index is -2.62. The SMILES string of the molecule is CCCC1C=C(O[Si](C)(C)C(C)(C)C)CC1(F)F. The lowest BCUT2D eigenvalue weighted by atomic mass is 10.0. The molecule has 0 aromatic rings. The average molecular weight is 276 g/mol. The quantitative estimate of drug-likeness (QED) is 0.629. The average Bonchev–Trinajstić information content (AvgIpc) is 2.38. The first-order valence-electron chi connectivity index (χ1n) is 6.77. The van der Waals surface area contributed by atoms with Crippen molar-refractivity contribution >= 4 is 8.32 Å². The van der Waals surface area contributed by atoms with Crippen LogP contribution in [-0.2, 0) is 4.43 Å². The molecule has 0 aliphatic heterocycles. The van der Waals surface area contributed by atoms with E-state index in [1.54, 1.807) is 6.08 Å². The van der Waals surface area contributed by atoms with Gasteiger partial charge in [-0.1, -0.05) is 34.1 Å². The Balaban J connectivity index is 2.79. The van der Waals surface area contributed by atoms with E-state index in [4.69, 9.17) is 4.43 Å². The number of hydrogen-bond donors (Lipinski definition) is 0. The topological polar surface area (TPSA) is 9.23 Å². The predicted molar refractivity (Wildman–Crippen MR) is 74.3 cm³/mol. The van der Waals surface area contributed by atoms with Gasteiger partial charge in [0.15, 0.2) is 0 Å². The van der Waals surface area contributed by atoms with Gasteiger partial charge in [0.25, 0.3) is 5.92 Å². The van der Waals surface area contributed by atoms with Gasteiger partial charge >= 0.3 is 0 Å². The number of alkyl halides is 2. The highest BCUT2D eigenvalue weighted by atomic mass is 28.4. The first-order valence-corrected chi connectivity index (χ1v) is 9.68. The molecule has 0 saturated carbocycles. The normalized spacial score (nSPS) is 24.0. The fourth-order valence-electron chi connectivity index (χ4n) is 1.93. The summed E-state index contributed by atoms with van der Waals surface area (Å²) in [5, 5.41) is 0.0476. The van der Waals surface area contributed by atoms with Crippen LogP contribution < -0.4 is 0 Å². The summed E-state index contributed by atoms with van der Waals surface area (Å²) in [5.41, 5.74) is 0. The zero-order chi connectivity index (χ0) is 14.2. The lowest BCUT2D eigenvalue weighted by Gasteiger charge is -2.37. The summed E-state index contributed by atoms with van der Waals surface area (Å²) < 4.78 is 33.6. The first kappa shape index (κ1) is 15.7. The molecule has 1 aliphatic carbocycles. The third kappa shape index (κ3) is 3.34. The number of rotatable bonds is 4. The summed E-state index contributed by atoms with van der Waals surface area (Å²) in [5.74, 6) is -2.74. The number of hydrogen-bond acceptors (Lipinski definition) is 1. The van der Waals surface area contributed by atoms with Crippen LogP contribution in [0.5, 0.6) is 0 Å². The summed E-state index contributed by atoms with van der Waals surface area (Å²) in [6.07, 6.45) is 2.77. The Kier molecular flexibility index (Phi) is 4.31. The molecule has 0 N–H and O–H groups in total. The van der Waals surface area contributed by atoms with Gasteiger partial charge in [0.05, 0.1) is 12.2 Å². The van der Waals surface area contributed by atoms with Crippen molar-refractivity contribution in [3.63, 3.8) is 0 Å². The van der Waals surface area contributed by atoms with Crippen LogP contribution in [0, 0.1) is 5.92 Å². The maximum atomic E-state index is 13.8. The van der Waals surface area contributed by atoms with Crippen LogP contribution in [0.25, 0.3) is 0 Å². The van der Waals surface area contributed by atoms with E-state index in [0.717, 1.165) is 6.42 Å². The summed E-state index contributed by atoms with van der Waals surface area (Å²) in [4.78, 5) is 0. The van der Waals surface area contributed by atoms with E-state index >= 15 is 0 Å². The maximum Gasteiger partial charge on any atom is 0.261 e. The highest BCUT2D eigenvalue weighted by Gasteiger charge is 2.47. The van der Waals surface area contributed by atoms with Gasteiger partial charge in [-0.3, -0.25) is 0 Å². The van der Waals surface area contributed by atoms with Gasteiger partial charge in [0.2, 0.25) is 8.32 Å². The Hall–Kier alpha value is -0.383. The van der Waals surface area contributed by atoms with Crippen LogP contribution >= 0.6 is 0 Å². The van der Waals surface area contributed by atoms with E-state index < -0.39 is 20.2 Å². The van der Waals surface area contributed by atoms with Crippen molar-refractivity contribution < 1.29 is 13.2 Å². The third-order valence-electron chi connectivity index (χ3n) is 4.13. The van der Waals surface area contributed by atoms with Gasteiger partial charge in [-0.2, -0.15) is 0 Å². The largest absolute Gasteiger partial charge is 0.547 e. The summed E-state index contributed by atoms with van der Waals surface area (Å²) in [6, 6.07) is 0. The molecule has 0 aromatic carbocycles. The van der Waals surface area contributed by atoms with Crippen LogP contribution in [0.4, 0.5) is 8.78 Å². The standard InChI is InChI=1S/C14H26F2OSi/c1-7-8-11-9-12(10-14(11,15)16)17-18(5,6)13(2,3)4/h9,11H,7-8,10H2,1-6H3. The second kappa shape index (κ2) is 4.95. The highest BCUT2D eigenvalue weighted by Crippen LogP contribution is 2.45. The molecule has 18 heavy (non-hydrogen) atoms. The zero-order valence-corrected chi connectivity index (χ0v) is 13.4. The van der Waals surface area contributed by atoms with Crippen LogP contribution in [0.15, 0.2) is 11.8 Å². The lowest BCUT2D eigenvalue weighted by Crippen LogP contribution is -2.40. The van der Waals surface area contributed by atoms with E-state index in [1.807, 2.05) is 6.92 Å². The van der Waals surface area contributed by atoms with Crippen LogP contribution in [-0.4, -0.2) is 14.2 Å². The van der Waals surface area contributed by atoms with E-state index in [2.05, 4.69) is 33.9 Å². The smallest absolute Gasteiger partial charge is 0.261 e. The van der Waals surface area contributed by atoms with Crippen molar-refractivity contribution in [3.8, 4) is 0 Å². The van der Waals surface area contributed by atoms with Gasteiger partial charge in [0, 0.05) is 5.92 Å². The summed E-state index contributed by atoms with van der Waals surface area (Å²) in [7, 11) is -1.99. The van der Waals surface area contributed by atoms with Crippen LogP contribution in [0.1, 0.15) is 47.0 Å². The van der Waals surface area contributed by atoms with Crippen LogP contribution in [0.3, 0.4) is 0 Å². The Morgan fingerprint density at radius 2 is 1.94 bits per heavy atom. The van der Waals surface area contributed by atoms with Crippen molar-refractivity contribution in [2.45, 2.75) is 71.0 Å². The van der Waals surface area contributed by atoms with Gasteiger partial charge in [-0.15, -0.1) is 0 Å². The van der Waals surface area contributed by atoms with E-state index in [1.165, 1.54) is 0 Å². The van der Waals surface area contributed by atoms with Crippen molar-refractivity contribution in [2.24, 2.45) is 5.92 Å². The second-order valence-electron chi connectivity index (χ2n) is 6.83. The minimum Gasteiger partial charge on any atom is -0.547 e. The molecule has 106 valence electrons. The molecule has 0 heterocycles. The molecular formula is C14H26F2OSi. The van der Waals surface area contributed by atoms with Gasteiger partial charge in [0.1, 0.15) is 0 Å². The predicted octanol–water partition coefficient (Wildman–Crippen LogP) is 5.35. The molecule has 0 saturated heterocycles. The molecule has 1 unspecified atom stereocenters. The lowest BCUT2D eigenvalue weighted by molar-refractivity contribution is -0.0352.